The summed E-state index contributed by atoms with van der Waals surface area (Å²) in [7, 11) is -3.02. The van der Waals surface area contributed by atoms with E-state index in [0.717, 1.165) is 22.4 Å². The van der Waals surface area contributed by atoms with Gasteiger partial charge in [-0.15, -0.1) is 0 Å². The van der Waals surface area contributed by atoms with Gasteiger partial charge < -0.3 is 10.5 Å². The van der Waals surface area contributed by atoms with Gasteiger partial charge in [0.1, 0.15) is 5.82 Å². The van der Waals surface area contributed by atoms with Crippen LogP contribution in [-0.4, -0.2) is 13.1 Å². The molecular formula is C24H28FNOSi. The van der Waals surface area contributed by atoms with Crippen LogP contribution in [0.1, 0.15) is 38.3 Å². The fourth-order valence-electron chi connectivity index (χ4n) is 3.88. The number of nitrogens with two attached hydrogens (primary N) is 1. The molecule has 0 fully saturated rings. The van der Waals surface area contributed by atoms with Gasteiger partial charge in [-0.05, 0) is 45.9 Å². The van der Waals surface area contributed by atoms with Crippen LogP contribution in [0.2, 0.25) is 5.04 Å². The number of rotatable bonds is 7. The maximum Gasteiger partial charge on any atom is 0.258 e. The zero-order valence-electron chi connectivity index (χ0n) is 16.5. The van der Waals surface area contributed by atoms with E-state index in [2.05, 4.69) is 13.8 Å². The number of hydrogen-bond acceptors (Lipinski definition) is 2. The van der Waals surface area contributed by atoms with Gasteiger partial charge in [0.25, 0.3) is 8.32 Å². The monoisotopic (exact) mass is 393 g/mol. The van der Waals surface area contributed by atoms with E-state index < -0.39 is 8.32 Å². The standard InChI is InChI=1S/C24H28FNOSi/c1-24(2,18-17-23(26)19-13-15-20(25)16-14-19)28(27,21-9-5-3-6-10-21)22-11-7-4-8-12-22/h3-16,23,27H,17-18,26H2,1-2H3/t23-/m1/s1. The summed E-state index contributed by atoms with van der Waals surface area (Å²) in [6.45, 7) is 4.27. The molecule has 1 atom stereocenters. The van der Waals surface area contributed by atoms with Crippen molar-refractivity contribution in [2.24, 2.45) is 5.73 Å². The molecule has 2 nitrogen and oxygen atoms in total. The first-order valence-corrected chi connectivity index (χ1v) is 11.6. The molecule has 4 heteroatoms. The molecule has 3 rings (SSSR count). The second kappa shape index (κ2) is 8.39. The van der Waals surface area contributed by atoms with Crippen molar-refractivity contribution in [3.8, 4) is 0 Å². The number of halogens is 1. The Morgan fingerprint density at radius 3 is 1.79 bits per heavy atom. The molecule has 3 N–H and O–H groups in total. The second-order valence-corrected chi connectivity index (χ2v) is 12.0. The largest absolute Gasteiger partial charge is 0.424 e. The molecule has 0 aliphatic rings. The van der Waals surface area contributed by atoms with Gasteiger partial charge in [0, 0.05) is 6.04 Å². The van der Waals surface area contributed by atoms with Crippen LogP contribution in [-0.2, 0) is 0 Å². The van der Waals surface area contributed by atoms with Crippen LogP contribution in [0.4, 0.5) is 4.39 Å². The average Bonchev–Trinajstić information content (AvgIpc) is 2.73. The Labute approximate surface area is 168 Å². The lowest BCUT2D eigenvalue weighted by molar-refractivity contribution is 0.441. The molecule has 0 unspecified atom stereocenters. The minimum atomic E-state index is -3.02. The molecule has 0 radical (unpaired) electrons. The fourth-order valence-corrected chi connectivity index (χ4v) is 7.63. The van der Waals surface area contributed by atoms with Gasteiger partial charge in [0.05, 0.1) is 0 Å². The van der Waals surface area contributed by atoms with E-state index in [0.29, 0.717) is 6.42 Å². The third kappa shape index (κ3) is 4.09. The summed E-state index contributed by atoms with van der Waals surface area (Å²) in [6.07, 6.45) is 1.48. The maximum atomic E-state index is 13.2. The van der Waals surface area contributed by atoms with Crippen LogP contribution in [0.15, 0.2) is 84.9 Å². The summed E-state index contributed by atoms with van der Waals surface area (Å²) in [4.78, 5) is 12.2. The van der Waals surface area contributed by atoms with Gasteiger partial charge in [-0.2, -0.15) is 0 Å². The van der Waals surface area contributed by atoms with E-state index in [-0.39, 0.29) is 16.9 Å². The molecule has 0 saturated carbocycles. The summed E-state index contributed by atoms with van der Waals surface area (Å²) in [5.74, 6) is -0.258. The third-order valence-electron chi connectivity index (χ3n) is 5.74. The predicted octanol–water partition coefficient (Wildman–Crippen LogP) is 4.14. The van der Waals surface area contributed by atoms with Gasteiger partial charge >= 0.3 is 0 Å². The van der Waals surface area contributed by atoms with Gasteiger partial charge in [-0.25, -0.2) is 4.39 Å². The highest BCUT2D eigenvalue weighted by atomic mass is 28.4. The molecular weight excluding hydrogens is 365 g/mol. The average molecular weight is 394 g/mol. The van der Waals surface area contributed by atoms with Crippen LogP contribution in [0.3, 0.4) is 0 Å². The topological polar surface area (TPSA) is 46.2 Å². The predicted molar refractivity (Wildman–Crippen MR) is 117 cm³/mol. The Hall–Kier alpha value is -2.27. The quantitative estimate of drug-likeness (QED) is 0.593. The van der Waals surface area contributed by atoms with Gasteiger partial charge in [-0.1, -0.05) is 86.6 Å². The second-order valence-electron chi connectivity index (χ2n) is 8.02. The van der Waals surface area contributed by atoms with Crippen molar-refractivity contribution in [1.29, 1.82) is 0 Å². The minimum absolute atomic E-state index is 0.190. The number of hydrogen-bond donors (Lipinski definition) is 2. The minimum Gasteiger partial charge on any atom is -0.424 e. The Kier molecular flexibility index (Phi) is 6.13. The SMILES string of the molecule is CC(C)(CC[C@@H](N)c1ccc(F)cc1)[Si](O)(c1ccccc1)c1ccccc1. The maximum absolute atomic E-state index is 13.2. The molecule has 3 aromatic carbocycles. The lowest BCUT2D eigenvalue weighted by Crippen LogP contribution is -2.65. The Bertz CT molecular complexity index is 842. The molecule has 0 heterocycles. The summed E-state index contributed by atoms with van der Waals surface area (Å²) < 4.78 is 13.2. The van der Waals surface area contributed by atoms with Crippen molar-refractivity contribution < 1.29 is 9.19 Å². The molecule has 0 aliphatic carbocycles. The Morgan fingerprint density at radius 2 is 1.32 bits per heavy atom. The number of benzene rings is 3. The van der Waals surface area contributed by atoms with E-state index >= 15 is 0 Å². The van der Waals surface area contributed by atoms with Crippen molar-refractivity contribution in [3.05, 3.63) is 96.3 Å². The highest BCUT2D eigenvalue weighted by Crippen LogP contribution is 2.41. The highest BCUT2D eigenvalue weighted by molar-refractivity contribution is 6.98. The van der Waals surface area contributed by atoms with Crippen LogP contribution >= 0.6 is 0 Å². The van der Waals surface area contributed by atoms with Crippen LogP contribution < -0.4 is 16.1 Å². The van der Waals surface area contributed by atoms with E-state index in [1.165, 1.54) is 12.1 Å². The zero-order chi connectivity index (χ0) is 20.2. The van der Waals surface area contributed by atoms with Gasteiger partial charge in [0.2, 0.25) is 0 Å². The molecule has 146 valence electrons. The Morgan fingerprint density at radius 1 is 0.857 bits per heavy atom. The molecule has 28 heavy (non-hydrogen) atoms. The van der Waals surface area contributed by atoms with Crippen molar-refractivity contribution in [2.75, 3.05) is 0 Å². The molecule has 0 aliphatic heterocycles. The summed E-state index contributed by atoms with van der Waals surface area (Å²) in [6, 6.07) is 26.2. The van der Waals surface area contributed by atoms with Crippen molar-refractivity contribution in [3.63, 3.8) is 0 Å². The van der Waals surface area contributed by atoms with E-state index in [4.69, 9.17) is 5.73 Å². The van der Waals surface area contributed by atoms with Crippen LogP contribution in [0.5, 0.6) is 0 Å². The lowest BCUT2D eigenvalue weighted by Gasteiger charge is -2.41. The zero-order valence-corrected chi connectivity index (χ0v) is 17.5. The fraction of sp³-hybridized carbons (Fsp3) is 0.250. The van der Waals surface area contributed by atoms with E-state index in [1.807, 2.05) is 60.7 Å². The molecule has 0 saturated heterocycles. The van der Waals surface area contributed by atoms with Crippen molar-refractivity contribution in [2.45, 2.75) is 37.8 Å². The van der Waals surface area contributed by atoms with Gasteiger partial charge in [-0.3, -0.25) is 0 Å². The van der Waals surface area contributed by atoms with Crippen molar-refractivity contribution in [1.82, 2.24) is 0 Å². The highest BCUT2D eigenvalue weighted by Gasteiger charge is 2.49. The molecule has 0 spiro atoms. The van der Waals surface area contributed by atoms with Crippen molar-refractivity contribution >= 4 is 18.7 Å². The van der Waals surface area contributed by atoms with E-state index in [1.54, 1.807) is 12.1 Å². The van der Waals surface area contributed by atoms with E-state index in [9.17, 15) is 9.19 Å². The molecule has 0 bridgehead atoms. The van der Waals surface area contributed by atoms with Crippen LogP contribution in [0.25, 0.3) is 0 Å². The van der Waals surface area contributed by atoms with Gasteiger partial charge in [0.15, 0.2) is 0 Å². The smallest absolute Gasteiger partial charge is 0.258 e. The molecule has 0 aromatic heterocycles. The summed E-state index contributed by atoms with van der Waals surface area (Å²) in [5.41, 5.74) is 7.30. The summed E-state index contributed by atoms with van der Waals surface area (Å²) in [5, 5.41) is 1.66. The Balaban J connectivity index is 1.89. The van der Waals surface area contributed by atoms with Crippen LogP contribution in [0, 0.1) is 5.82 Å². The summed E-state index contributed by atoms with van der Waals surface area (Å²) >= 11 is 0. The molecule has 0 amide bonds. The molecule has 3 aromatic rings. The third-order valence-corrected chi connectivity index (χ3v) is 10.3. The first-order chi connectivity index (χ1) is 13.3. The first kappa shape index (κ1) is 20.5. The first-order valence-electron chi connectivity index (χ1n) is 9.69. The lowest BCUT2D eigenvalue weighted by atomic mass is 9.97. The normalized spacial score (nSPS) is 13.3.